The van der Waals surface area contributed by atoms with Crippen molar-refractivity contribution in [3.63, 3.8) is 0 Å². The van der Waals surface area contributed by atoms with E-state index >= 15 is 0 Å². The predicted octanol–water partition coefficient (Wildman–Crippen LogP) is 2.10. The number of rotatable bonds is 5. The SMILES string of the molecule is Cc1nc2ncccc2cc1CCC(=O)NC1C2CC3C(C2)C31C(=O)O. The average molecular weight is 351 g/mol. The minimum atomic E-state index is -0.722. The Morgan fingerprint density at radius 1 is 1.35 bits per heavy atom. The number of amides is 1. The van der Waals surface area contributed by atoms with Crippen LogP contribution in [0.2, 0.25) is 0 Å². The van der Waals surface area contributed by atoms with E-state index in [4.69, 9.17) is 0 Å². The van der Waals surface area contributed by atoms with Gasteiger partial charge in [-0.2, -0.15) is 0 Å². The van der Waals surface area contributed by atoms with Crippen LogP contribution in [0.15, 0.2) is 24.4 Å². The fourth-order valence-corrected chi connectivity index (χ4v) is 5.73. The van der Waals surface area contributed by atoms with Gasteiger partial charge in [-0.25, -0.2) is 9.97 Å². The number of carboxylic acid groups (broad SMARTS) is 1. The second-order valence-electron chi connectivity index (χ2n) is 8.01. The number of carboxylic acids is 1. The van der Waals surface area contributed by atoms with Crippen LogP contribution in [0.5, 0.6) is 0 Å². The van der Waals surface area contributed by atoms with E-state index in [9.17, 15) is 14.7 Å². The number of carbonyl (C=O) groups is 2. The molecule has 4 saturated carbocycles. The third-order valence-corrected chi connectivity index (χ3v) is 6.90. The van der Waals surface area contributed by atoms with Gasteiger partial charge in [0.25, 0.3) is 0 Å². The van der Waals surface area contributed by atoms with E-state index in [2.05, 4.69) is 15.3 Å². The second-order valence-corrected chi connectivity index (χ2v) is 8.01. The normalized spacial score (nSPS) is 33.4. The van der Waals surface area contributed by atoms with Gasteiger partial charge in [0.1, 0.15) is 0 Å². The van der Waals surface area contributed by atoms with Gasteiger partial charge in [-0.3, -0.25) is 9.59 Å². The zero-order valence-electron chi connectivity index (χ0n) is 14.6. The van der Waals surface area contributed by atoms with Crippen molar-refractivity contribution in [2.45, 2.75) is 38.6 Å². The van der Waals surface area contributed by atoms with Crippen molar-refractivity contribution in [2.75, 3.05) is 0 Å². The monoisotopic (exact) mass is 351 g/mol. The van der Waals surface area contributed by atoms with Crippen molar-refractivity contribution in [2.24, 2.45) is 23.2 Å². The van der Waals surface area contributed by atoms with Crippen LogP contribution in [-0.4, -0.2) is 33.0 Å². The number of aliphatic carboxylic acids is 1. The summed E-state index contributed by atoms with van der Waals surface area (Å²) in [5.74, 6) is 0.143. The summed E-state index contributed by atoms with van der Waals surface area (Å²) in [5, 5.41) is 13.7. The van der Waals surface area contributed by atoms with Crippen LogP contribution in [0.4, 0.5) is 0 Å². The Labute approximate surface area is 151 Å². The van der Waals surface area contributed by atoms with E-state index in [1.165, 1.54) is 0 Å². The van der Waals surface area contributed by atoms with Gasteiger partial charge < -0.3 is 10.4 Å². The number of nitrogens with one attached hydrogen (secondary N) is 1. The lowest BCUT2D eigenvalue weighted by atomic mass is 9.97. The Hall–Kier alpha value is -2.50. The van der Waals surface area contributed by atoms with E-state index in [1.54, 1.807) is 6.20 Å². The van der Waals surface area contributed by atoms with Crippen LogP contribution in [0.3, 0.4) is 0 Å². The highest BCUT2D eigenvalue weighted by Crippen LogP contribution is 2.79. The van der Waals surface area contributed by atoms with E-state index in [0.717, 1.165) is 29.5 Å². The third kappa shape index (κ3) is 1.98. The van der Waals surface area contributed by atoms with Crippen molar-refractivity contribution in [1.29, 1.82) is 0 Å². The van der Waals surface area contributed by atoms with E-state index < -0.39 is 11.4 Å². The van der Waals surface area contributed by atoms with E-state index in [-0.39, 0.29) is 23.8 Å². The summed E-state index contributed by atoms with van der Waals surface area (Å²) in [7, 11) is 0. The summed E-state index contributed by atoms with van der Waals surface area (Å²) in [4.78, 5) is 33.0. The van der Waals surface area contributed by atoms with E-state index in [1.807, 2.05) is 25.1 Å². The quantitative estimate of drug-likeness (QED) is 0.861. The zero-order chi connectivity index (χ0) is 18.1. The van der Waals surface area contributed by atoms with Crippen molar-refractivity contribution >= 4 is 22.9 Å². The molecule has 6 rings (SSSR count). The molecule has 2 N–H and O–H groups in total. The largest absolute Gasteiger partial charge is 0.481 e. The molecule has 3 atom stereocenters. The van der Waals surface area contributed by atoms with Crippen LogP contribution in [0.1, 0.15) is 30.5 Å². The first-order chi connectivity index (χ1) is 12.5. The maximum Gasteiger partial charge on any atom is 0.312 e. The van der Waals surface area contributed by atoms with Gasteiger partial charge in [-0.05, 0) is 67.7 Å². The van der Waals surface area contributed by atoms with E-state index in [0.29, 0.717) is 24.4 Å². The highest BCUT2D eigenvalue weighted by atomic mass is 16.4. The molecular formula is C20H21N3O3. The molecule has 6 nitrogen and oxygen atoms in total. The molecule has 134 valence electrons. The number of nitrogens with zero attached hydrogens (tertiary/aromatic N) is 2. The lowest BCUT2D eigenvalue weighted by molar-refractivity contribution is -0.145. The molecule has 26 heavy (non-hydrogen) atoms. The minimum Gasteiger partial charge on any atom is -0.481 e. The number of hydrogen-bond acceptors (Lipinski definition) is 4. The molecule has 4 bridgehead atoms. The molecule has 0 aromatic carbocycles. The fourth-order valence-electron chi connectivity index (χ4n) is 5.73. The summed E-state index contributed by atoms with van der Waals surface area (Å²) in [6.45, 7) is 1.93. The fraction of sp³-hybridized carbons (Fsp3) is 0.500. The predicted molar refractivity (Wildman–Crippen MR) is 94.3 cm³/mol. The highest BCUT2D eigenvalue weighted by Gasteiger charge is 2.83. The average Bonchev–Trinajstić information content (AvgIpc) is 2.95. The Morgan fingerprint density at radius 2 is 2.12 bits per heavy atom. The van der Waals surface area contributed by atoms with Gasteiger partial charge in [0.2, 0.25) is 5.91 Å². The summed E-state index contributed by atoms with van der Waals surface area (Å²) in [5.41, 5.74) is 1.98. The maximum atomic E-state index is 12.5. The molecule has 0 spiro atoms. The van der Waals surface area contributed by atoms with Crippen LogP contribution < -0.4 is 5.32 Å². The first-order valence-corrected chi connectivity index (χ1v) is 9.26. The number of aromatic nitrogens is 2. The standard InChI is InChI=1S/C20H21N3O3/c1-10-11(7-12-3-2-6-21-18(12)22-10)4-5-16(24)23-17-13-8-14-15(9-13)20(14,17)19(25)26/h2-3,6-7,13-15,17H,4-5,8-9H2,1H3,(H,23,24)(H,25,26). The van der Waals surface area contributed by atoms with Crippen LogP contribution in [0.25, 0.3) is 11.0 Å². The Bertz CT molecular complexity index is 929. The van der Waals surface area contributed by atoms with Gasteiger partial charge in [0, 0.05) is 29.7 Å². The Kier molecular flexibility index (Phi) is 3.18. The molecule has 1 amide bonds. The van der Waals surface area contributed by atoms with Gasteiger partial charge in [0.05, 0.1) is 5.41 Å². The lowest BCUT2D eigenvalue weighted by Gasteiger charge is -2.22. The van der Waals surface area contributed by atoms with Crippen LogP contribution >= 0.6 is 0 Å². The van der Waals surface area contributed by atoms with Crippen LogP contribution in [-0.2, 0) is 16.0 Å². The summed E-state index contributed by atoms with van der Waals surface area (Å²) >= 11 is 0. The smallest absolute Gasteiger partial charge is 0.312 e. The number of hydrogen-bond donors (Lipinski definition) is 2. The first-order valence-electron chi connectivity index (χ1n) is 9.26. The molecule has 4 fully saturated rings. The molecule has 0 saturated heterocycles. The summed E-state index contributed by atoms with van der Waals surface area (Å²) < 4.78 is 0. The lowest BCUT2D eigenvalue weighted by Crippen LogP contribution is -2.44. The van der Waals surface area contributed by atoms with Gasteiger partial charge >= 0.3 is 5.97 Å². The van der Waals surface area contributed by atoms with Crippen LogP contribution in [0, 0.1) is 30.1 Å². The van der Waals surface area contributed by atoms with Crippen molar-refractivity contribution in [3.05, 3.63) is 35.7 Å². The number of carbonyl (C=O) groups excluding carboxylic acids is 1. The van der Waals surface area contributed by atoms with Crippen molar-refractivity contribution in [3.8, 4) is 0 Å². The molecule has 2 aromatic heterocycles. The zero-order valence-corrected chi connectivity index (χ0v) is 14.6. The first kappa shape index (κ1) is 15.7. The molecule has 2 aromatic rings. The topological polar surface area (TPSA) is 92.2 Å². The number of aryl methyl sites for hydroxylation is 2. The maximum absolute atomic E-state index is 12.5. The molecule has 2 heterocycles. The van der Waals surface area contributed by atoms with Gasteiger partial charge in [-0.15, -0.1) is 0 Å². The number of pyridine rings is 2. The molecule has 4 aliphatic carbocycles. The molecule has 0 aliphatic heterocycles. The van der Waals surface area contributed by atoms with Crippen molar-refractivity contribution in [1.82, 2.24) is 15.3 Å². The molecule has 4 aliphatic rings. The Morgan fingerprint density at radius 3 is 2.85 bits per heavy atom. The third-order valence-electron chi connectivity index (χ3n) is 6.90. The molecular weight excluding hydrogens is 330 g/mol. The summed E-state index contributed by atoms with van der Waals surface area (Å²) in [6.07, 6.45) is 4.59. The molecule has 6 heteroatoms. The number of fused-ring (bicyclic) bond motifs is 1. The van der Waals surface area contributed by atoms with Crippen molar-refractivity contribution < 1.29 is 14.7 Å². The second kappa shape index (κ2) is 5.25. The van der Waals surface area contributed by atoms with Gasteiger partial charge in [-0.1, -0.05) is 0 Å². The molecule has 3 unspecified atom stereocenters. The molecule has 0 radical (unpaired) electrons. The Balaban J connectivity index is 1.27. The van der Waals surface area contributed by atoms with Gasteiger partial charge in [0.15, 0.2) is 5.65 Å². The minimum absolute atomic E-state index is 0.0560. The summed E-state index contributed by atoms with van der Waals surface area (Å²) in [6, 6.07) is 5.70. The highest BCUT2D eigenvalue weighted by molar-refractivity contribution is 5.85.